The van der Waals surface area contributed by atoms with Crippen LogP contribution < -0.4 is 10.2 Å². The fraction of sp³-hybridized carbons (Fsp3) is 0.286. The Morgan fingerprint density at radius 2 is 1.62 bits per heavy atom. The summed E-state index contributed by atoms with van der Waals surface area (Å²) in [4.78, 5) is 6.92. The van der Waals surface area contributed by atoms with Crippen molar-refractivity contribution in [3.63, 3.8) is 0 Å². The van der Waals surface area contributed by atoms with Crippen molar-refractivity contribution in [3.05, 3.63) is 72.4 Å². The third-order valence-corrected chi connectivity index (χ3v) is 4.76. The number of nitrogens with zero attached hydrogens (tertiary/aromatic N) is 4. The molecule has 1 aliphatic carbocycles. The van der Waals surface area contributed by atoms with E-state index >= 15 is 0 Å². The van der Waals surface area contributed by atoms with Crippen molar-refractivity contribution in [2.24, 2.45) is 0 Å². The molecule has 1 fully saturated rings. The van der Waals surface area contributed by atoms with Crippen molar-refractivity contribution < 1.29 is 0 Å². The molecule has 0 bridgehead atoms. The van der Waals surface area contributed by atoms with Crippen LogP contribution in [0.3, 0.4) is 0 Å². The number of hydrogen-bond donors (Lipinski definition) is 1. The zero-order chi connectivity index (χ0) is 17.6. The van der Waals surface area contributed by atoms with E-state index in [2.05, 4.69) is 56.8 Å². The van der Waals surface area contributed by atoms with Crippen molar-refractivity contribution in [2.45, 2.75) is 38.3 Å². The van der Waals surface area contributed by atoms with Gasteiger partial charge in [0.25, 0.3) is 0 Å². The summed E-state index contributed by atoms with van der Waals surface area (Å²) in [5, 5.41) is 11.8. The van der Waals surface area contributed by atoms with Crippen LogP contribution in [0, 0.1) is 0 Å². The first-order valence-electron chi connectivity index (χ1n) is 9.21. The number of para-hydroxylation sites is 1. The molecule has 3 aromatic rings. The molecule has 4 rings (SSSR count). The van der Waals surface area contributed by atoms with Gasteiger partial charge in [-0.15, -0.1) is 5.10 Å². The van der Waals surface area contributed by atoms with E-state index in [-0.39, 0.29) is 0 Å². The van der Waals surface area contributed by atoms with Gasteiger partial charge in [0.05, 0.1) is 6.20 Å². The van der Waals surface area contributed by atoms with Gasteiger partial charge >= 0.3 is 0 Å². The highest BCUT2D eigenvalue weighted by atomic mass is 15.3. The van der Waals surface area contributed by atoms with E-state index in [1.807, 2.05) is 24.3 Å². The fourth-order valence-corrected chi connectivity index (χ4v) is 3.42. The third-order valence-electron chi connectivity index (χ3n) is 4.76. The molecule has 1 saturated carbocycles. The SMILES string of the molecule is c1ccc(CN(c2ccccc2)c2cnnc(NC3CCCC3)n2)cc1. The molecule has 0 saturated heterocycles. The van der Waals surface area contributed by atoms with Crippen molar-refractivity contribution in [1.29, 1.82) is 0 Å². The van der Waals surface area contributed by atoms with Crippen LogP contribution in [0.2, 0.25) is 0 Å². The molecule has 5 heteroatoms. The van der Waals surface area contributed by atoms with E-state index in [0.29, 0.717) is 12.0 Å². The molecule has 1 aromatic heterocycles. The highest BCUT2D eigenvalue weighted by molar-refractivity contribution is 5.60. The number of aromatic nitrogens is 3. The van der Waals surface area contributed by atoms with Gasteiger partial charge in [0.15, 0.2) is 5.82 Å². The molecule has 0 unspecified atom stereocenters. The normalized spacial score (nSPS) is 14.3. The van der Waals surface area contributed by atoms with Crippen LogP contribution in [-0.2, 0) is 6.54 Å². The lowest BCUT2D eigenvalue weighted by Crippen LogP contribution is -2.21. The van der Waals surface area contributed by atoms with Crippen molar-refractivity contribution in [3.8, 4) is 0 Å². The molecule has 0 atom stereocenters. The van der Waals surface area contributed by atoms with Crippen LogP contribution in [0.4, 0.5) is 17.5 Å². The molecule has 0 aliphatic heterocycles. The molecular formula is C21H23N5. The second kappa shape index (κ2) is 7.95. The Kier molecular flexibility index (Phi) is 5.05. The second-order valence-corrected chi connectivity index (χ2v) is 6.67. The number of nitrogens with one attached hydrogen (secondary N) is 1. The van der Waals surface area contributed by atoms with E-state index in [9.17, 15) is 0 Å². The first-order chi connectivity index (χ1) is 12.9. The zero-order valence-corrected chi connectivity index (χ0v) is 14.8. The van der Waals surface area contributed by atoms with E-state index in [1.54, 1.807) is 6.20 Å². The fourth-order valence-electron chi connectivity index (χ4n) is 3.42. The molecule has 0 amide bonds. The quantitative estimate of drug-likeness (QED) is 0.709. The van der Waals surface area contributed by atoms with Crippen molar-refractivity contribution in [1.82, 2.24) is 15.2 Å². The lowest BCUT2D eigenvalue weighted by molar-refractivity contribution is 0.736. The summed E-state index contributed by atoms with van der Waals surface area (Å²) >= 11 is 0. The summed E-state index contributed by atoms with van der Waals surface area (Å²) in [7, 11) is 0. The molecular weight excluding hydrogens is 322 g/mol. The number of rotatable bonds is 6. The minimum atomic E-state index is 0.464. The predicted molar refractivity (Wildman–Crippen MR) is 104 cm³/mol. The van der Waals surface area contributed by atoms with Crippen LogP contribution in [0.25, 0.3) is 0 Å². The smallest absolute Gasteiger partial charge is 0.244 e. The van der Waals surface area contributed by atoms with E-state index in [1.165, 1.54) is 31.2 Å². The molecule has 0 radical (unpaired) electrons. The predicted octanol–water partition coefficient (Wildman–Crippen LogP) is 4.56. The summed E-state index contributed by atoms with van der Waals surface area (Å²) < 4.78 is 0. The maximum atomic E-state index is 4.75. The Bertz CT molecular complexity index is 816. The minimum absolute atomic E-state index is 0.464. The first-order valence-corrected chi connectivity index (χ1v) is 9.21. The highest BCUT2D eigenvalue weighted by Gasteiger charge is 2.17. The maximum Gasteiger partial charge on any atom is 0.244 e. The Morgan fingerprint density at radius 1 is 0.923 bits per heavy atom. The molecule has 1 heterocycles. The third kappa shape index (κ3) is 3.99. The van der Waals surface area contributed by atoms with E-state index in [4.69, 9.17) is 4.98 Å². The first kappa shape index (κ1) is 16.5. The molecule has 0 spiro atoms. The van der Waals surface area contributed by atoms with Crippen molar-refractivity contribution in [2.75, 3.05) is 10.2 Å². The second-order valence-electron chi connectivity index (χ2n) is 6.67. The van der Waals surface area contributed by atoms with E-state index < -0.39 is 0 Å². The highest BCUT2D eigenvalue weighted by Crippen LogP contribution is 2.26. The topological polar surface area (TPSA) is 53.9 Å². The van der Waals surface area contributed by atoms with E-state index in [0.717, 1.165) is 18.1 Å². The van der Waals surface area contributed by atoms with Crippen LogP contribution in [0.15, 0.2) is 66.9 Å². The van der Waals surface area contributed by atoms with Crippen LogP contribution in [0.5, 0.6) is 0 Å². The van der Waals surface area contributed by atoms with Gasteiger partial charge in [0.2, 0.25) is 5.95 Å². The van der Waals surface area contributed by atoms with Crippen molar-refractivity contribution >= 4 is 17.5 Å². The van der Waals surface area contributed by atoms with Gasteiger partial charge in [-0.3, -0.25) is 0 Å². The zero-order valence-electron chi connectivity index (χ0n) is 14.8. The van der Waals surface area contributed by atoms with Gasteiger partial charge in [-0.05, 0) is 30.5 Å². The summed E-state index contributed by atoms with van der Waals surface area (Å²) in [6.07, 6.45) is 6.64. The lowest BCUT2D eigenvalue weighted by atomic mass is 10.2. The Balaban J connectivity index is 1.62. The number of hydrogen-bond acceptors (Lipinski definition) is 5. The Hall–Kier alpha value is -2.95. The monoisotopic (exact) mass is 345 g/mol. The molecule has 5 nitrogen and oxygen atoms in total. The summed E-state index contributed by atoms with van der Waals surface area (Å²) in [6.45, 7) is 0.729. The largest absolute Gasteiger partial charge is 0.350 e. The van der Waals surface area contributed by atoms with Gasteiger partial charge in [-0.25, -0.2) is 0 Å². The molecule has 26 heavy (non-hydrogen) atoms. The van der Waals surface area contributed by atoms with Gasteiger partial charge in [-0.2, -0.15) is 10.1 Å². The summed E-state index contributed by atoms with van der Waals surface area (Å²) in [5.74, 6) is 1.42. The van der Waals surface area contributed by atoms with Crippen LogP contribution >= 0.6 is 0 Å². The Morgan fingerprint density at radius 3 is 2.35 bits per heavy atom. The lowest BCUT2D eigenvalue weighted by Gasteiger charge is -2.24. The summed E-state index contributed by atoms with van der Waals surface area (Å²) in [6, 6.07) is 21.2. The molecule has 1 aliphatic rings. The number of anilines is 3. The average molecular weight is 345 g/mol. The molecule has 132 valence electrons. The Labute approximate surface area is 154 Å². The maximum absolute atomic E-state index is 4.75. The van der Waals surface area contributed by atoms with Gasteiger partial charge in [-0.1, -0.05) is 61.4 Å². The number of benzene rings is 2. The van der Waals surface area contributed by atoms with Crippen LogP contribution in [-0.4, -0.2) is 21.2 Å². The average Bonchev–Trinajstić information content (AvgIpc) is 3.21. The van der Waals surface area contributed by atoms with Crippen LogP contribution in [0.1, 0.15) is 31.2 Å². The van der Waals surface area contributed by atoms with Gasteiger partial charge < -0.3 is 10.2 Å². The molecule has 1 N–H and O–H groups in total. The van der Waals surface area contributed by atoms with Gasteiger partial charge in [0, 0.05) is 18.3 Å². The molecule has 2 aromatic carbocycles. The summed E-state index contributed by atoms with van der Waals surface area (Å²) in [5.41, 5.74) is 2.31. The minimum Gasteiger partial charge on any atom is -0.350 e. The standard InChI is InChI=1S/C21H23N5/c1-3-9-17(10-4-1)16-26(19-13-5-2-6-14-19)20-15-22-25-21(24-20)23-18-11-7-8-12-18/h1-6,9-10,13-15,18H,7-8,11-12,16H2,(H,23,24,25). The van der Waals surface area contributed by atoms with Gasteiger partial charge in [0.1, 0.15) is 0 Å².